The second kappa shape index (κ2) is 7.77. The lowest BCUT2D eigenvalue weighted by molar-refractivity contribution is 0.0785. The SMILES string of the molecule is Cc1nn(-c2ccc(C(=O)N(C)Cc3ccc(C#N)cc3)cc2)c(C)c1Br. The third kappa shape index (κ3) is 3.93. The van der Waals surface area contributed by atoms with Gasteiger partial charge in [0.25, 0.3) is 5.91 Å². The highest BCUT2D eigenvalue weighted by Crippen LogP contribution is 2.23. The molecule has 27 heavy (non-hydrogen) atoms. The van der Waals surface area contributed by atoms with E-state index in [1.807, 2.05) is 54.9 Å². The van der Waals surface area contributed by atoms with Gasteiger partial charge < -0.3 is 4.90 Å². The molecule has 136 valence electrons. The maximum absolute atomic E-state index is 12.7. The van der Waals surface area contributed by atoms with Gasteiger partial charge in [0.1, 0.15) is 0 Å². The van der Waals surface area contributed by atoms with Crippen LogP contribution in [0.25, 0.3) is 5.69 Å². The van der Waals surface area contributed by atoms with E-state index in [1.54, 1.807) is 24.1 Å². The first-order valence-corrected chi connectivity index (χ1v) is 9.26. The van der Waals surface area contributed by atoms with E-state index in [0.717, 1.165) is 27.1 Å². The van der Waals surface area contributed by atoms with Crippen LogP contribution in [0.1, 0.15) is 32.9 Å². The lowest BCUT2D eigenvalue weighted by atomic mass is 10.1. The summed E-state index contributed by atoms with van der Waals surface area (Å²) in [6, 6.07) is 16.8. The molecule has 0 aliphatic carbocycles. The summed E-state index contributed by atoms with van der Waals surface area (Å²) in [5.41, 5.74) is 5.07. The summed E-state index contributed by atoms with van der Waals surface area (Å²) in [5, 5.41) is 13.4. The Morgan fingerprint density at radius 3 is 2.30 bits per heavy atom. The molecule has 0 N–H and O–H groups in total. The van der Waals surface area contributed by atoms with Gasteiger partial charge in [-0.15, -0.1) is 0 Å². The van der Waals surface area contributed by atoms with Gasteiger partial charge in [-0.1, -0.05) is 12.1 Å². The van der Waals surface area contributed by atoms with Crippen molar-refractivity contribution in [3.63, 3.8) is 0 Å². The largest absolute Gasteiger partial charge is 0.337 e. The van der Waals surface area contributed by atoms with E-state index in [2.05, 4.69) is 27.1 Å². The maximum Gasteiger partial charge on any atom is 0.253 e. The van der Waals surface area contributed by atoms with E-state index in [1.165, 1.54) is 0 Å². The van der Waals surface area contributed by atoms with Gasteiger partial charge in [0.2, 0.25) is 0 Å². The number of halogens is 1. The fourth-order valence-electron chi connectivity index (χ4n) is 2.87. The molecule has 5 nitrogen and oxygen atoms in total. The molecule has 0 fully saturated rings. The number of benzene rings is 2. The zero-order valence-corrected chi connectivity index (χ0v) is 17.0. The first kappa shape index (κ1) is 18.9. The Labute approximate surface area is 167 Å². The van der Waals surface area contributed by atoms with Crippen molar-refractivity contribution >= 4 is 21.8 Å². The highest BCUT2D eigenvalue weighted by Gasteiger charge is 2.14. The Bertz CT molecular complexity index is 1010. The molecule has 1 aromatic heterocycles. The molecule has 3 aromatic rings. The normalized spacial score (nSPS) is 10.5. The van der Waals surface area contributed by atoms with Crippen molar-refractivity contribution in [2.75, 3.05) is 7.05 Å². The third-order valence-electron chi connectivity index (χ3n) is 4.41. The van der Waals surface area contributed by atoms with Crippen molar-refractivity contribution in [1.82, 2.24) is 14.7 Å². The van der Waals surface area contributed by atoms with Gasteiger partial charge in [0.15, 0.2) is 0 Å². The van der Waals surface area contributed by atoms with Crippen LogP contribution in [0.15, 0.2) is 53.0 Å². The zero-order valence-electron chi connectivity index (χ0n) is 15.4. The third-order valence-corrected chi connectivity index (χ3v) is 5.56. The molecule has 0 unspecified atom stereocenters. The minimum Gasteiger partial charge on any atom is -0.337 e. The van der Waals surface area contributed by atoms with E-state index in [-0.39, 0.29) is 5.91 Å². The smallest absolute Gasteiger partial charge is 0.253 e. The number of carbonyl (C=O) groups is 1. The van der Waals surface area contributed by atoms with Crippen LogP contribution in [0.3, 0.4) is 0 Å². The Balaban J connectivity index is 1.74. The summed E-state index contributed by atoms with van der Waals surface area (Å²) in [6.07, 6.45) is 0. The summed E-state index contributed by atoms with van der Waals surface area (Å²) < 4.78 is 2.85. The number of rotatable bonds is 4. The lowest BCUT2D eigenvalue weighted by Gasteiger charge is -2.17. The number of aryl methyl sites for hydroxylation is 1. The Morgan fingerprint density at radius 2 is 1.78 bits per heavy atom. The zero-order chi connectivity index (χ0) is 19.6. The minimum absolute atomic E-state index is 0.0551. The van der Waals surface area contributed by atoms with Crippen LogP contribution in [-0.4, -0.2) is 27.6 Å². The maximum atomic E-state index is 12.7. The topological polar surface area (TPSA) is 61.9 Å². The average Bonchev–Trinajstić information content (AvgIpc) is 2.95. The van der Waals surface area contributed by atoms with E-state index in [4.69, 9.17) is 5.26 Å². The number of amides is 1. The van der Waals surface area contributed by atoms with Crippen molar-refractivity contribution < 1.29 is 4.79 Å². The molecular formula is C21H19BrN4O. The molecule has 0 radical (unpaired) electrons. The van der Waals surface area contributed by atoms with Gasteiger partial charge in [-0.2, -0.15) is 10.4 Å². The molecule has 0 saturated carbocycles. The monoisotopic (exact) mass is 422 g/mol. The van der Waals surface area contributed by atoms with Crippen LogP contribution >= 0.6 is 15.9 Å². The lowest BCUT2D eigenvalue weighted by Crippen LogP contribution is -2.26. The van der Waals surface area contributed by atoms with Crippen LogP contribution in [0.5, 0.6) is 0 Å². The van der Waals surface area contributed by atoms with Crippen LogP contribution in [0.4, 0.5) is 0 Å². The second-order valence-electron chi connectivity index (χ2n) is 6.41. The highest BCUT2D eigenvalue weighted by molar-refractivity contribution is 9.10. The van der Waals surface area contributed by atoms with Crippen LogP contribution in [0, 0.1) is 25.2 Å². The molecule has 0 aliphatic rings. The van der Waals surface area contributed by atoms with Crippen LogP contribution < -0.4 is 0 Å². The van der Waals surface area contributed by atoms with Gasteiger partial charge in [-0.05, 0) is 71.7 Å². The molecule has 3 rings (SSSR count). The molecule has 0 saturated heterocycles. The Morgan fingerprint density at radius 1 is 1.15 bits per heavy atom. The van der Waals surface area contributed by atoms with E-state index >= 15 is 0 Å². The molecule has 6 heteroatoms. The number of hydrogen-bond donors (Lipinski definition) is 0. The molecule has 0 atom stereocenters. The van der Waals surface area contributed by atoms with Crippen LogP contribution in [-0.2, 0) is 6.54 Å². The fraction of sp³-hybridized carbons (Fsp3) is 0.190. The minimum atomic E-state index is -0.0551. The standard InChI is InChI=1S/C21H19BrN4O/c1-14-20(22)15(2)26(24-14)19-10-8-18(9-11-19)21(27)25(3)13-17-6-4-16(12-23)5-7-17/h4-11H,13H2,1-3H3. The van der Waals surface area contributed by atoms with Gasteiger partial charge in [0.05, 0.1) is 33.2 Å². The van der Waals surface area contributed by atoms with Gasteiger partial charge in [-0.3, -0.25) is 4.79 Å². The number of nitrogens with zero attached hydrogens (tertiary/aromatic N) is 4. The van der Waals surface area contributed by atoms with Crippen molar-refractivity contribution in [3.05, 3.63) is 81.1 Å². The van der Waals surface area contributed by atoms with Crippen molar-refractivity contribution in [2.24, 2.45) is 0 Å². The van der Waals surface area contributed by atoms with Gasteiger partial charge >= 0.3 is 0 Å². The predicted molar refractivity (Wildman–Crippen MR) is 108 cm³/mol. The summed E-state index contributed by atoms with van der Waals surface area (Å²) >= 11 is 3.53. The summed E-state index contributed by atoms with van der Waals surface area (Å²) in [7, 11) is 1.77. The first-order valence-electron chi connectivity index (χ1n) is 8.47. The number of hydrogen-bond acceptors (Lipinski definition) is 3. The van der Waals surface area contributed by atoms with E-state index in [9.17, 15) is 4.79 Å². The summed E-state index contributed by atoms with van der Waals surface area (Å²) in [6.45, 7) is 4.43. The first-order chi connectivity index (χ1) is 12.9. The predicted octanol–water partition coefficient (Wildman–Crippen LogP) is 4.40. The van der Waals surface area contributed by atoms with Crippen molar-refractivity contribution in [3.8, 4) is 11.8 Å². The Hall–Kier alpha value is -2.91. The van der Waals surface area contributed by atoms with Gasteiger partial charge in [-0.25, -0.2) is 4.68 Å². The Kier molecular flexibility index (Phi) is 5.43. The molecule has 0 aliphatic heterocycles. The van der Waals surface area contributed by atoms with Crippen molar-refractivity contribution in [1.29, 1.82) is 5.26 Å². The van der Waals surface area contributed by atoms with E-state index in [0.29, 0.717) is 17.7 Å². The quantitative estimate of drug-likeness (QED) is 0.625. The molecule has 1 amide bonds. The van der Waals surface area contributed by atoms with Gasteiger partial charge in [0, 0.05) is 19.2 Å². The molecule has 0 bridgehead atoms. The fourth-order valence-corrected chi connectivity index (χ4v) is 3.12. The number of aromatic nitrogens is 2. The number of nitriles is 1. The molecule has 2 aromatic carbocycles. The van der Waals surface area contributed by atoms with Crippen molar-refractivity contribution in [2.45, 2.75) is 20.4 Å². The molecule has 1 heterocycles. The second-order valence-corrected chi connectivity index (χ2v) is 7.21. The molecular weight excluding hydrogens is 404 g/mol. The van der Waals surface area contributed by atoms with E-state index < -0.39 is 0 Å². The van der Waals surface area contributed by atoms with Crippen LogP contribution in [0.2, 0.25) is 0 Å². The molecule has 0 spiro atoms. The summed E-state index contributed by atoms with van der Waals surface area (Å²) in [4.78, 5) is 14.4. The number of carbonyl (C=O) groups excluding carboxylic acids is 1. The summed E-state index contributed by atoms with van der Waals surface area (Å²) in [5.74, 6) is -0.0551. The average molecular weight is 423 g/mol. The highest BCUT2D eigenvalue weighted by atomic mass is 79.9.